The summed E-state index contributed by atoms with van der Waals surface area (Å²) in [6.07, 6.45) is 8.43. The number of aromatic nitrogens is 3. The topological polar surface area (TPSA) is 64.2 Å². The van der Waals surface area contributed by atoms with Gasteiger partial charge in [0.25, 0.3) is 5.56 Å². The van der Waals surface area contributed by atoms with Crippen LogP contribution in [-0.4, -0.2) is 32.4 Å². The molecule has 0 N–H and O–H groups in total. The van der Waals surface area contributed by atoms with Crippen molar-refractivity contribution >= 4 is 0 Å². The van der Waals surface area contributed by atoms with E-state index in [1.165, 1.54) is 12.8 Å². The van der Waals surface area contributed by atoms with Crippen molar-refractivity contribution in [3.05, 3.63) is 45.2 Å². The van der Waals surface area contributed by atoms with E-state index in [1.807, 2.05) is 13.0 Å². The Labute approximate surface area is 141 Å². The Balaban J connectivity index is 1.52. The molecule has 4 rings (SSSR count). The van der Waals surface area contributed by atoms with E-state index < -0.39 is 0 Å². The van der Waals surface area contributed by atoms with E-state index in [4.69, 9.17) is 4.52 Å². The Bertz CT molecular complexity index is 780. The number of likely N-dealkylation sites (tertiary alicyclic amines) is 1. The van der Waals surface area contributed by atoms with Crippen molar-refractivity contribution in [2.75, 3.05) is 6.54 Å². The standard InChI is InChI=1S/C18H24N4O2/c1-13-15(10-19-24-13)11-21-8-4-6-16(21)12-22-18(23)9-14-5-2-3-7-17(14)20-22/h9-10,16H,2-8,11-12H2,1H3. The average Bonchev–Trinajstić information content (AvgIpc) is 3.18. The lowest BCUT2D eigenvalue weighted by Gasteiger charge is -2.25. The third kappa shape index (κ3) is 3.02. The predicted octanol–water partition coefficient (Wildman–Crippen LogP) is 2.08. The molecule has 24 heavy (non-hydrogen) atoms. The Hall–Kier alpha value is -1.95. The lowest BCUT2D eigenvalue weighted by molar-refractivity contribution is 0.215. The number of fused-ring (bicyclic) bond motifs is 1. The zero-order chi connectivity index (χ0) is 16.5. The predicted molar refractivity (Wildman–Crippen MR) is 89.8 cm³/mol. The minimum Gasteiger partial charge on any atom is -0.361 e. The Morgan fingerprint density at radius 3 is 3.00 bits per heavy atom. The molecule has 2 aromatic heterocycles. The zero-order valence-corrected chi connectivity index (χ0v) is 14.2. The van der Waals surface area contributed by atoms with E-state index >= 15 is 0 Å². The Morgan fingerprint density at radius 2 is 2.17 bits per heavy atom. The second kappa shape index (κ2) is 6.51. The molecule has 0 amide bonds. The molecule has 1 atom stereocenters. The van der Waals surface area contributed by atoms with Crippen LogP contribution in [0.15, 0.2) is 21.6 Å². The summed E-state index contributed by atoms with van der Waals surface area (Å²) in [5, 5.41) is 8.54. The molecule has 2 aromatic rings. The van der Waals surface area contributed by atoms with Gasteiger partial charge >= 0.3 is 0 Å². The summed E-state index contributed by atoms with van der Waals surface area (Å²) in [6.45, 7) is 4.51. The zero-order valence-electron chi connectivity index (χ0n) is 14.2. The second-order valence-corrected chi connectivity index (χ2v) is 7.02. The average molecular weight is 328 g/mol. The molecule has 0 bridgehead atoms. The van der Waals surface area contributed by atoms with Gasteiger partial charge in [0.15, 0.2) is 0 Å². The van der Waals surface area contributed by atoms with Crippen molar-refractivity contribution in [2.24, 2.45) is 0 Å². The number of nitrogens with zero attached hydrogens (tertiary/aromatic N) is 4. The summed E-state index contributed by atoms with van der Waals surface area (Å²) in [5.41, 5.74) is 3.46. The van der Waals surface area contributed by atoms with Crippen LogP contribution in [0.25, 0.3) is 0 Å². The summed E-state index contributed by atoms with van der Waals surface area (Å²) in [7, 11) is 0. The summed E-state index contributed by atoms with van der Waals surface area (Å²) >= 11 is 0. The van der Waals surface area contributed by atoms with Crippen LogP contribution in [0.1, 0.15) is 48.3 Å². The smallest absolute Gasteiger partial charge is 0.267 e. The van der Waals surface area contributed by atoms with Crippen LogP contribution < -0.4 is 5.56 Å². The molecule has 1 unspecified atom stereocenters. The number of hydrogen-bond acceptors (Lipinski definition) is 5. The molecule has 0 aromatic carbocycles. The highest BCUT2D eigenvalue weighted by Gasteiger charge is 2.27. The molecule has 3 heterocycles. The third-order valence-electron chi connectivity index (χ3n) is 5.38. The molecular formula is C18H24N4O2. The van der Waals surface area contributed by atoms with E-state index in [0.717, 1.165) is 61.4 Å². The fourth-order valence-electron chi connectivity index (χ4n) is 3.93. The number of hydrogen-bond donors (Lipinski definition) is 0. The maximum atomic E-state index is 12.4. The van der Waals surface area contributed by atoms with Crippen LogP contribution in [0.4, 0.5) is 0 Å². The Morgan fingerprint density at radius 1 is 1.29 bits per heavy atom. The molecule has 1 fully saturated rings. The molecule has 1 saturated heterocycles. The van der Waals surface area contributed by atoms with Gasteiger partial charge in [-0.05, 0) is 57.6 Å². The number of aryl methyl sites for hydroxylation is 3. The van der Waals surface area contributed by atoms with Gasteiger partial charge < -0.3 is 4.52 Å². The molecule has 0 saturated carbocycles. The van der Waals surface area contributed by atoms with Crippen LogP contribution >= 0.6 is 0 Å². The van der Waals surface area contributed by atoms with Crippen LogP contribution in [0.5, 0.6) is 0 Å². The molecule has 0 radical (unpaired) electrons. The van der Waals surface area contributed by atoms with Gasteiger partial charge in [0.2, 0.25) is 0 Å². The second-order valence-electron chi connectivity index (χ2n) is 7.02. The maximum absolute atomic E-state index is 12.4. The van der Waals surface area contributed by atoms with Gasteiger partial charge in [-0.15, -0.1) is 0 Å². The van der Waals surface area contributed by atoms with Gasteiger partial charge in [-0.25, -0.2) is 4.68 Å². The fourth-order valence-corrected chi connectivity index (χ4v) is 3.93. The SMILES string of the molecule is Cc1oncc1CN1CCCC1Cn1nc2c(cc1=O)CCCC2. The lowest BCUT2D eigenvalue weighted by atomic mass is 9.97. The normalized spacial score (nSPS) is 21.1. The van der Waals surface area contributed by atoms with Gasteiger partial charge in [-0.3, -0.25) is 9.69 Å². The van der Waals surface area contributed by atoms with E-state index in [9.17, 15) is 4.79 Å². The molecule has 1 aliphatic heterocycles. The van der Waals surface area contributed by atoms with Gasteiger partial charge in [-0.2, -0.15) is 5.10 Å². The highest BCUT2D eigenvalue weighted by molar-refractivity contribution is 5.20. The summed E-state index contributed by atoms with van der Waals surface area (Å²) in [5.74, 6) is 0.879. The van der Waals surface area contributed by atoms with Crippen molar-refractivity contribution in [3.8, 4) is 0 Å². The fraction of sp³-hybridized carbons (Fsp3) is 0.611. The largest absolute Gasteiger partial charge is 0.361 e. The Kier molecular flexibility index (Phi) is 4.22. The quantitative estimate of drug-likeness (QED) is 0.860. The van der Waals surface area contributed by atoms with Gasteiger partial charge in [0.1, 0.15) is 5.76 Å². The first-order valence-corrected chi connectivity index (χ1v) is 8.95. The molecule has 0 spiro atoms. The van der Waals surface area contributed by atoms with Crippen molar-refractivity contribution < 1.29 is 4.52 Å². The summed E-state index contributed by atoms with van der Waals surface area (Å²) < 4.78 is 6.85. The van der Waals surface area contributed by atoms with Crippen LogP contribution in [0.3, 0.4) is 0 Å². The van der Waals surface area contributed by atoms with E-state index in [2.05, 4.69) is 15.2 Å². The van der Waals surface area contributed by atoms with Crippen molar-refractivity contribution in [1.29, 1.82) is 0 Å². The monoisotopic (exact) mass is 328 g/mol. The third-order valence-corrected chi connectivity index (χ3v) is 5.38. The van der Waals surface area contributed by atoms with Crippen LogP contribution in [0, 0.1) is 6.92 Å². The van der Waals surface area contributed by atoms with Gasteiger partial charge in [0.05, 0.1) is 18.4 Å². The molecular weight excluding hydrogens is 304 g/mol. The first kappa shape index (κ1) is 15.6. The summed E-state index contributed by atoms with van der Waals surface area (Å²) in [6, 6.07) is 2.16. The van der Waals surface area contributed by atoms with E-state index in [0.29, 0.717) is 12.6 Å². The van der Waals surface area contributed by atoms with Crippen molar-refractivity contribution in [1.82, 2.24) is 19.8 Å². The van der Waals surface area contributed by atoms with Crippen LogP contribution in [-0.2, 0) is 25.9 Å². The van der Waals surface area contributed by atoms with Crippen LogP contribution in [0.2, 0.25) is 0 Å². The van der Waals surface area contributed by atoms with E-state index in [-0.39, 0.29) is 5.56 Å². The van der Waals surface area contributed by atoms with Gasteiger partial charge in [-0.1, -0.05) is 5.16 Å². The molecule has 128 valence electrons. The first-order chi connectivity index (χ1) is 11.7. The molecule has 2 aliphatic rings. The number of rotatable bonds is 4. The molecule has 6 heteroatoms. The molecule has 6 nitrogen and oxygen atoms in total. The maximum Gasteiger partial charge on any atom is 0.267 e. The van der Waals surface area contributed by atoms with Crippen molar-refractivity contribution in [3.63, 3.8) is 0 Å². The highest BCUT2D eigenvalue weighted by atomic mass is 16.5. The summed E-state index contributed by atoms with van der Waals surface area (Å²) in [4.78, 5) is 14.8. The van der Waals surface area contributed by atoms with E-state index in [1.54, 1.807) is 10.9 Å². The highest BCUT2D eigenvalue weighted by Crippen LogP contribution is 2.23. The minimum absolute atomic E-state index is 0.0451. The lowest BCUT2D eigenvalue weighted by Crippen LogP contribution is -2.37. The first-order valence-electron chi connectivity index (χ1n) is 8.95. The van der Waals surface area contributed by atoms with Gasteiger partial charge in [0, 0.05) is 24.2 Å². The minimum atomic E-state index is 0.0451. The molecule has 1 aliphatic carbocycles. The van der Waals surface area contributed by atoms with Crippen molar-refractivity contribution in [2.45, 2.75) is 64.6 Å².